The van der Waals surface area contributed by atoms with Crippen molar-refractivity contribution >= 4 is 0 Å². The number of aliphatic hydroxyl groups is 2. The summed E-state index contributed by atoms with van der Waals surface area (Å²) in [5.74, 6) is 3.54. The lowest BCUT2D eigenvalue weighted by Crippen LogP contribution is -2.47. The monoisotopic (exact) mass is 290 g/mol. The topological polar surface area (TPSA) is 40.5 Å². The van der Waals surface area contributed by atoms with Crippen LogP contribution in [0.3, 0.4) is 0 Å². The van der Waals surface area contributed by atoms with Gasteiger partial charge in [0.25, 0.3) is 0 Å². The average molecular weight is 290 g/mol. The second kappa shape index (κ2) is 4.83. The van der Waals surface area contributed by atoms with E-state index in [0.29, 0.717) is 11.8 Å². The average Bonchev–Trinajstić information content (AvgIpc) is 2.70. The lowest BCUT2D eigenvalue weighted by atomic mass is 9.53. The molecule has 4 aliphatic carbocycles. The second-order valence-corrected chi connectivity index (χ2v) is 8.69. The van der Waals surface area contributed by atoms with E-state index in [9.17, 15) is 10.2 Å². The first-order chi connectivity index (χ1) is 10.0. The molecule has 3 unspecified atom stereocenters. The molecule has 2 heteroatoms. The van der Waals surface area contributed by atoms with E-state index in [-0.39, 0.29) is 17.6 Å². The molecular formula is C19H30O2. The Kier molecular flexibility index (Phi) is 3.28. The molecule has 0 aliphatic heterocycles. The molecule has 0 heterocycles. The zero-order valence-corrected chi connectivity index (χ0v) is 13.5. The molecule has 0 saturated heterocycles. The summed E-state index contributed by atoms with van der Waals surface area (Å²) in [6.07, 6.45) is 10.3. The molecule has 4 rings (SSSR count). The van der Waals surface area contributed by atoms with Crippen LogP contribution in [0.25, 0.3) is 0 Å². The van der Waals surface area contributed by atoms with E-state index in [2.05, 4.69) is 19.9 Å². The summed E-state index contributed by atoms with van der Waals surface area (Å²) in [4.78, 5) is 0. The Hall–Kier alpha value is -0.340. The van der Waals surface area contributed by atoms with Crippen molar-refractivity contribution in [2.24, 2.45) is 35.0 Å². The SMILES string of the molecule is C[C@@H]1CC2C3CC=C4C[C@@H](O)CC[C@@H]4C3CC[C@]2(C)[C@H]1O. The number of rotatable bonds is 0. The van der Waals surface area contributed by atoms with Gasteiger partial charge in [-0.3, -0.25) is 0 Å². The van der Waals surface area contributed by atoms with Crippen LogP contribution in [-0.2, 0) is 0 Å². The van der Waals surface area contributed by atoms with Crippen molar-refractivity contribution in [3.8, 4) is 0 Å². The van der Waals surface area contributed by atoms with E-state index in [0.717, 1.165) is 30.6 Å². The molecule has 4 aliphatic rings. The molecule has 0 aromatic heterocycles. The molecule has 0 spiro atoms. The van der Waals surface area contributed by atoms with Gasteiger partial charge < -0.3 is 10.2 Å². The zero-order valence-electron chi connectivity index (χ0n) is 13.5. The van der Waals surface area contributed by atoms with Gasteiger partial charge in [-0.25, -0.2) is 0 Å². The molecule has 118 valence electrons. The Morgan fingerprint density at radius 3 is 2.76 bits per heavy atom. The number of hydrogen-bond donors (Lipinski definition) is 2. The minimum absolute atomic E-state index is 0.0915. The maximum atomic E-state index is 10.7. The molecule has 0 radical (unpaired) electrons. The van der Waals surface area contributed by atoms with Crippen LogP contribution in [0.5, 0.6) is 0 Å². The van der Waals surface area contributed by atoms with Gasteiger partial charge in [0, 0.05) is 0 Å². The molecular weight excluding hydrogens is 260 g/mol. The van der Waals surface area contributed by atoms with Crippen LogP contribution >= 0.6 is 0 Å². The number of allylic oxidation sites excluding steroid dienone is 1. The molecule has 3 saturated carbocycles. The quantitative estimate of drug-likeness (QED) is 0.670. The van der Waals surface area contributed by atoms with Crippen LogP contribution in [-0.4, -0.2) is 22.4 Å². The number of aliphatic hydroxyl groups excluding tert-OH is 2. The highest BCUT2D eigenvalue weighted by Gasteiger charge is 2.57. The molecule has 0 aromatic rings. The van der Waals surface area contributed by atoms with Crippen LogP contribution < -0.4 is 0 Å². The van der Waals surface area contributed by atoms with Crippen molar-refractivity contribution in [2.45, 2.75) is 71.0 Å². The number of fused-ring (bicyclic) bond motifs is 5. The smallest absolute Gasteiger partial charge is 0.0622 e. The van der Waals surface area contributed by atoms with Crippen LogP contribution in [0.1, 0.15) is 58.8 Å². The van der Waals surface area contributed by atoms with Crippen molar-refractivity contribution in [1.29, 1.82) is 0 Å². The van der Waals surface area contributed by atoms with Crippen LogP contribution in [0.15, 0.2) is 11.6 Å². The number of hydrogen-bond acceptors (Lipinski definition) is 2. The van der Waals surface area contributed by atoms with Gasteiger partial charge in [-0.15, -0.1) is 0 Å². The van der Waals surface area contributed by atoms with Crippen molar-refractivity contribution in [1.82, 2.24) is 0 Å². The molecule has 0 bridgehead atoms. The molecule has 0 amide bonds. The van der Waals surface area contributed by atoms with E-state index in [4.69, 9.17) is 0 Å². The van der Waals surface area contributed by atoms with Gasteiger partial charge in [0.2, 0.25) is 0 Å². The Morgan fingerprint density at radius 2 is 1.95 bits per heavy atom. The lowest BCUT2D eigenvalue weighted by Gasteiger charge is -2.53. The predicted molar refractivity (Wildman–Crippen MR) is 83.6 cm³/mol. The fourth-order valence-corrected chi connectivity index (χ4v) is 6.59. The molecule has 0 aromatic carbocycles. The third kappa shape index (κ3) is 1.98. The highest BCUT2D eigenvalue weighted by molar-refractivity contribution is 5.20. The van der Waals surface area contributed by atoms with E-state index < -0.39 is 0 Å². The van der Waals surface area contributed by atoms with Gasteiger partial charge in [0.1, 0.15) is 0 Å². The predicted octanol–water partition coefficient (Wildman–Crippen LogP) is 3.53. The largest absolute Gasteiger partial charge is 0.393 e. The second-order valence-electron chi connectivity index (χ2n) is 8.69. The molecule has 2 N–H and O–H groups in total. The third-order valence-corrected chi connectivity index (χ3v) is 7.70. The van der Waals surface area contributed by atoms with Crippen molar-refractivity contribution in [3.05, 3.63) is 11.6 Å². The van der Waals surface area contributed by atoms with Gasteiger partial charge in [0.05, 0.1) is 12.2 Å². The fraction of sp³-hybridized carbons (Fsp3) is 0.895. The summed E-state index contributed by atoms with van der Waals surface area (Å²) in [7, 11) is 0. The van der Waals surface area contributed by atoms with E-state index >= 15 is 0 Å². The van der Waals surface area contributed by atoms with Gasteiger partial charge >= 0.3 is 0 Å². The molecule has 3 fully saturated rings. The molecule has 2 nitrogen and oxygen atoms in total. The Labute approximate surface area is 128 Å². The van der Waals surface area contributed by atoms with Crippen LogP contribution in [0, 0.1) is 35.0 Å². The summed E-state index contributed by atoms with van der Waals surface area (Å²) >= 11 is 0. The summed E-state index contributed by atoms with van der Waals surface area (Å²) in [5.41, 5.74) is 1.73. The van der Waals surface area contributed by atoms with E-state index in [1.54, 1.807) is 5.57 Å². The maximum absolute atomic E-state index is 10.7. The van der Waals surface area contributed by atoms with E-state index in [1.165, 1.54) is 32.1 Å². The normalized spacial score (nSPS) is 56.2. The van der Waals surface area contributed by atoms with Crippen molar-refractivity contribution < 1.29 is 10.2 Å². The van der Waals surface area contributed by atoms with Crippen LogP contribution in [0.4, 0.5) is 0 Å². The summed E-state index contributed by atoms with van der Waals surface area (Å²) in [6, 6.07) is 0. The standard InChI is InChI=1S/C19H30O2/c1-11-9-17-16-5-3-12-10-13(20)4-6-14(12)15(16)7-8-19(17,2)18(11)21/h3,11,13-18,20-21H,4-10H2,1-2H3/t11-,13+,14+,15?,16?,17?,18+,19+/m1/s1. The van der Waals surface area contributed by atoms with Crippen molar-refractivity contribution in [3.63, 3.8) is 0 Å². The zero-order chi connectivity index (χ0) is 14.8. The minimum Gasteiger partial charge on any atom is -0.393 e. The van der Waals surface area contributed by atoms with Crippen LogP contribution in [0.2, 0.25) is 0 Å². The Bertz CT molecular complexity index is 456. The highest BCUT2D eigenvalue weighted by atomic mass is 16.3. The lowest BCUT2D eigenvalue weighted by molar-refractivity contribution is -0.0550. The van der Waals surface area contributed by atoms with Gasteiger partial charge in [-0.1, -0.05) is 25.5 Å². The molecule has 21 heavy (non-hydrogen) atoms. The summed E-state index contributed by atoms with van der Waals surface area (Å²) in [5, 5.41) is 20.6. The first kappa shape index (κ1) is 14.3. The first-order valence-corrected chi connectivity index (χ1v) is 9.05. The van der Waals surface area contributed by atoms with Crippen molar-refractivity contribution in [2.75, 3.05) is 0 Å². The molecule has 8 atom stereocenters. The van der Waals surface area contributed by atoms with E-state index in [1.807, 2.05) is 0 Å². The fourth-order valence-electron chi connectivity index (χ4n) is 6.59. The summed E-state index contributed by atoms with van der Waals surface area (Å²) < 4.78 is 0. The Morgan fingerprint density at radius 1 is 1.14 bits per heavy atom. The van der Waals surface area contributed by atoms with Gasteiger partial charge in [-0.05, 0) is 80.0 Å². The maximum Gasteiger partial charge on any atom is 0.0622 e. The minimum atomic E-state index is -0.0954. The van der Waals surface area contributed by atoms with Gasteiger partial charge in [-0.2, -0.15) is 0 Å². The highest BCUT2D eigenvalue weighted by Crippen LogP contribution is 2.62. The summed E-state index contributed by atoms with van der Waals surface area (Å²) in [6.45, 7) is 4.59. The third-order valence-electron chi connectivity index (χ3n) is 7.70. The Balaban J connectivity index is 1.63. The van der Waals surface area contributed by atoms with Gasteiger partial charge in [0.15, 0.2) is 0 Å². The first-order valence-electron chi connectivity index (χ1n) is 9.05.